The van der Waals surface area contributed by atoms with Crippen LogP contribution in [0.25, 0.3) is 0 Å². The van der Waals surface area contributed by atoms with Gasteiger partial charge in [-0.2, -0.15) is 0 Å². The SMILES string of the molecule is CCCC(C)(CC)C(C)(C)C(C)CCOCC. The highest BCUT2D eigenvalue weighted by Gasteiger charge is 2.42. The number of hydrogen-bond donors (Lipinski definition) is 0. The molecule has 2 atom stereocenters. The molecule has 2 unspecified atom stereocenters. The Morgan fingerprint density at radius 2 is 1.65 bits per heavy atom. The molecule has 0 saturated carbocycles. The molecule has 17 heavy (non-hydrogen) atoms. The summed E-state index contributed by atoms with van der Waals surface area (Å²) in [5.41, 5.74) is 0.836. The van der Waals surface area contributed by atoms with E-state index >= 15 is 0 Å². The number of hydrogen-bond acceptors (Lipinski definition) is 1. The summed E-state index contributed by atoms with van der Waals surface area (Å²) in [5, 5.41) is 0. The van der Waals surface area contributed by atoms with Gasteiger partial charge in [0, 0.05) is 13.2 Å². The van der Waals surface area contributed by atoms with Gasteiger partial charge < -0.3 is 4.74 Å². The zero-order valence-corrected chi connectivity index (χ0v) is 13.2. The van der Waals surface area contributed by atoms with E-state index in [4.69, 9.17) is 4.74 Å². The summed E-state index contributed by atoms with van der Waals surface area (Å²) in [6.45, 7) is 18.2. The van der Waals surface area contributed by atoms with E-state index in [1.165, 1.54) is 25.7 Å². The van der Waals surface area contributed by atoms with E-state index in [1.807, 2.05) is 0 Å². The third-order valence-electron chi connectivity index (χ3n) is 5.27. The van der Waals surface area contributed by atoms with Crippen LogP contribution in [0.15, 0.2) is 0 Å². The van der Waals surface area contributed by atoms with Crippen LogP contribution in [0.1, 0.15) is 74.1 Å². The topological polar surface area (TPSA) is 9.23 Å². The smallest absolute Gasteiger partial charge is 0.0468 e. The molecule has 0 bridgehead atoms. The summed E-state index contributed by atoms with van der Waals surface area (Å²) in [6.07, 6.45) is 5.06. The molecule has 0 N–H and O–H groups in total. The Morgan fingerprint density at radius 3 is 2.06 bits per heavy atom. The zero-order valence-electron chi connectivity index (χ0n) is 13.2. The molecule has 0 amide bonds. The van der Waals surface area contributed by atoms with E-state index < -0.39 is 0 Å². The number of ether oxygens (including phenoxy) is 1. The highest BCUT2D eigenvalue weighted by Crippen LogP contribution is 2.50. The molecule has 0 aromatic heterocycles. The van der Waals surface area contributed by atoms with Crippen molar-refractivity contribution in [1.29, 1.82) is 0 Å². The lowest BCUT2D eigenvalue weighted by molar-refractivity contribution is 0.00195. The Kier molecular flexibility index (Phi) is 7.39. The van der Waals surface area contributed by atoms with Gasteiger partial charge in [0.2, 0.25) is 0 Å². The van der Waals surface area contributed by atoms with Gasteiger partial charge in [0.15, 0.2) is 0 Å². The molecule has 0 heterocycles. The van der Waals surface area contributed by atoms with Gasteiger partial charge >= 0.3 is 0 Å². The molecule has 1 heteroatoms. The molecule has 0 rings (SSSR count). The van der Waals surface area contributed by atoms with Crippen LogP contribution in [0.4, 0.5) is 0 Å². The van der Waals surface area contributed by atoms with E-state index in [9.17, 15) is 0 Å². The molecule has 0 fully saturated rings. The van der Waals surface area contributed by atoms with E-state index in [-0.39, 0.29) is 0 Å². The van der Waals surface area contributed by atoms with E-state index in [2.05, 4.69) is 48.5 Å². The maximum absolute atomic E-state index is 5.51. The number of rotatable bonds is 9. The van der Waals surface area contributed by atoms with Crippen molar-refractivity contribution < 1.29 is 4.74 Å². The highest BCUT2D eigenvalue weighted by atomic mass is 16.5. The minimum atomic E-state index is 0.384. The molecule has 0 aliphatic heterocycles. The second kappa shape index (κ2) is 7.41. The summed E-state index contributed by atoms with van der Waals surface area (Å²) in [7, 11) is 0. The summed E-state index contributed by atoms with van der Waals surface area (Å²) in [6, 6.07) is 0. The van der Waals surface area contributed by atoms with Crippen LogP contribution < -0.4 is 0 Å². The minimum absolute atomic E-state index is 0.384. The quantitative estimate of drug-likeness (QED) is 0.499. The van der Waals surface area contributed by atoms with Crippen molar-refractivity contribution in [3.05, 3.63) is 0 Å². The maximum Gasteiger partial charge on any atom is 0.0468 e. The Hall–Kier alpha value is -0.0400. The minimum Gasteiger partial charge on any atom is -0.382 e. The molecule has 0 spiro atoms. The highest BCUT2D eigenvalue weighted by molar-refractivity contribution is 4.91. The average molecular weight is 242 g/mol. The lowest BCUT2D eigenvalue weighted by Crippen LogP contribution is -2.40. The van der Waals surface area contributed by atoms with Gasteiger partial charge in [-0.25, -0.2) is 0 Å². The van der Waals surface area contributed by atoms with E-state index in [0.717, 1.165) is 13.2 Å². The van der Waals surface area contributed by atoms with Gasteiger partial charge in [0.1, 0.15) is 0 Å². The molecule has 0 saturated heterocycles. The van der Waals surface area contributed by atoms with Crippen molar-refractivity contribution >= 4 is 0 Å². The van der Waals surface area contributed by atoms with Crippen LogP contribution in [0.3, 0.4) is 0 Å². The van der Waals surface area contributed by atoms with Crippen molar-refractivity contribution in [3.63, 3.8) is 0 Å². The lowest BCUT2D eigenvalue weighted by Gasteiger charge is -2.48. The monoisotopic (exact) mass is 242 g/mol. The van der Waals surface area contributed by atoms with E-state index in [0.29, 0.717) is 16.7 Å². The summed E-state index contributed by atoms with van der Waals surface area (Å²) < 4.78 is 5.51. The average Bonchev–Trinajstić information content (AvgIpc) is 2.29. The second-order valence-corrected chi connectivity index (χ2v) is 6.27. The predicted octanol–water partition coefficient (Wildman–Crippen LogP) is 5.29. The third-order valence-corrected chi connectivity index (χ3v) is 5.27. The van der Waals surface area contributed by atoms with Crippen LogP contribution in [0.2, 0.25) is 0 Å². The van der Waals surface area contributed by atoms with Crippen LogP contribution in [-0.4, -0.2) is 13.2 Å². The van der Waals surface area contributed by atoms with Crippen LogP contribution >= 0.6 is 0 Å². The zero-order chi connectivity index (χ0) is 13.5. The molecule has 0 aromatic carbocycles. The first-order valence-corrected chi connectivity index (χ1v) is 7.43. The lowest BCUT2D eigenvalue weighted by atomic mass is 9.57. The van der Waals surface area contributed by atoms with Gasteiger partial charge in [0.05, 0.1) is 0 Å². The van der Waals surface area contributed by atoms with E-state index in [1.54, 1.807) is 0 Å². The summed E-state index contributed by atoms with van der Waals surface area (Å²) >= 11 is 0. The van der Waals surface area contributed by atoms with Gasteiger partial charge in [-0.05, 0) is 36.5 Å². The molecular formula is C16H34O. The Morgan fingerprint density at radius 1 is 1.06 bits per heavy atom. The standard InChI is InChI=1S/C16H34O/c1-8-12-16(7,9-2)15(5,6)14(4)11-13-17-10-3/h14H,8-13H2,1-7H3. The van der Waals surface area contributed by atoms with Gasteiger partial charge in [-0.15, -0.1) is 0 Å². The molecule has 0 aliphatic rings. The van der Waals surface area contributed by atoms with Crippen molar-refractivity contribution in [2.24, 2.45) is 16.7 Å². The van der Waals surface area contributed by atoms with Crippen LogP contribution in [0, 0.1) is 16.7 Å². The summed E-state index contributed by atoms with van der Waals surface area (Å²) in [5.74, 6) is 0.713. The molecule has 0 aromatic rings. The maximum atomic E-state index is 5.51. The predicted molar refractivity (Wildman–Crippen MR) is 77.4 cm³/mol. The van der Waals surface area contributed by atoms with Gasteiger partial charge in [-0.3, -0.25) is 0 Å². The van der Waals surface area contributed by atoms with Crippen molar-refractivity contribution in [2.45, 2.75) is 74.1 Å². The molecular weight excluding hydrogens is 208 g/mol. The van der Waals surface area contributed by atoms with Crippen molar-refractivity contribution in [2.75, 3.05) is 13.2 Å². The molecule has 0 aliphatic carbocycles. The van der Waals surface area contributed by atoms with Gasteiger partial charge in [-0.1, -0.05) is 54.4 Å². The first kappa shape index (κ1) is 17.0. The third kappa shape index (κ3) is 4.28. The largest absolute Gasteiger partial charge is 0.382 e. The Bertz CT molecular complexity index is 198. The first-order valence-electron chi connectivity index (χ1n) is 7.43. The summed E-state index contributed by atoms with van der Waals surface area (Å²) in [4.78, 5) is 0. The fraction of sp³-hybridized carbons (Fsp3) is 1.00. The van der Waals surface area contributed by atoms with Crippen molar-refractivity contribution in [1.82, 2.24) is 0 Å². The first-order chi connectivity index (χ1) is 7.85. The fourth-order valence-electron chi connectivity index (χ4n) is 2.87. The Labute approximate surface area is 109 Å². The van der Waals surface area contributed by atoms with Gasteiger partial charge in [0.25, 0.3) is 0 Å². The van der Waals surface area contributed by atoms with Crippen LogP contribution in [-0.2, 0) is 4.74 Å². The molecule has 104 valence electrons. The fourth-order valence-corrected chi connectivity index (χ4v) is 2.87. The normalized spacial score (nSPS) is 17.8. The molecule has 0 radical (unpaired) electrons. The Balaban J connectivity index is 4.59. The molecule has 1 nitrogen and oxygen atoms in total. The second-order valence-electron chi connectivity index (χ2n) is 6.27. The van der Waals surface area contributed by atoms with Crippen LogP contribution in [0.5, 0.6) is 0 Å². The van der Waals surface area contributed by atoms with Crippen molar-refractivity contribution in [3.8, 4) is 0 Å².